The number of carbonyl (C=O) groups is 1. The van der Waals surface area contributed by atoms with Gasteiger partial charge in [-0.2, -0.15) is 0 Å². The average Bonchev–Trinajstić information content (AvgIpc) is 3.23. The van der Waals surface area contributed by atoms with Crippen LogP contribution in [0, 0.1) is 0 Å². The Morgan fingerprint density at radius 1 is 1.17 bits per heavy atom. The van der Waals surface area contributed by atoms with Crippen molar-refractivity contribution < 1.29 is 14.3 Å². The van der Waals surface area contributed by atoms with E-state index in [2.05, 4.69) is 15.2 Å². The minimum Gasteiger partial charge on any atom is -0.493 e. The van der Waals surface area contributed by atoms with Gasteiger partial charge in [0.15, 0.2) is 0 Å². The number of nitrogens with zero attached hydrogens (tertiary/aromatic N) is 2. The quantitative estimate of drug-likeness (QED) is 0.616. The Labute approximate surface area is 180 Å². The predicted molar refractivity (Wildman–Crippen MR) is 121 cm³/mol. The smallest absolute Gasteiger partial charge is 0.230 e. The van der Waals surface area contributed by atoms with Crippen LogP contribution in [0.25, 0.3) is 10.6 Å². The lowest BCUT2D eigenvalue weighted by Crippen LogP contribution is -2.36. The Bertz CT molecular complexity index is 999. The van der Waals surface area contributed by atoms with Gasteiger partial charge in [0.1, 0.15) is 10.8 Å². The largest absolute Gasteiger partial charge is 0.493 e. The fourth-order valence-corrected chi connectivity index (χ4v) is 4.30. The summed E-state index contributed by atoms with van der Waals surface area (Å²) in [6.45, 7) is 5.60. The van der Waals surface area contributed by atoms with Crippen molar-refractivity contribution in [2.45, 2.75) is 13.3 Å². The molecule has 156 valence electrons. The van der Waals surface area contributed by atoms with Gasteiger partial charge in [-0.25, -0.2) is 4.98 Å². The van der Waals surface area contributed by atoms with Gasteiger partial charge in [-0.3, -0.25) is 4.79 Å². The molecule has 0 saturated carbocycles. The van der Waals surface area contributed by atoms with Crippen molar-refractivity contribution in [3.05, 3.63) is 59.6 Å². The van der Waals surface area contributed by atoms with Gasteiger partial charge in [0, 0.05) is 18.5 Å². The number of thiazole rings is 1. The number of morpholine rings is 1. The number of anilines is 2. The van der Waals surface area contributed by atoms with Crippen LogP contribution in [0.3, 0.4) is 0 Å². The molecule has 0 unspecified atom stereocenters. The fourth-order valence-electron chi connectivity index (χ4n) is 3.45. The van der Waals surface area contributed by atoms with Crippen LogP contribution in [0.2, 0.25) is 0 Å². The first kappa shape index (κ1) is 20.4. The second-order valence-electron chi connectivity index (χ2n) is 6.91. The molecule has 30 heavy (non-hydrogen) atoms. The number of nitrogens with one attached hydrogen (secondary N) is 1. The molecule has 3 aromatic rings. The zero-order valence-electron chi connectivity index (χ0n) is 17.0. The van der Waals surface area contributed by atoms with Crippen LogP contribution in [0.5, 0.6) is 5.75 Å². The molecule has 1 aliphatic heterocycles. The molecule has 0 radical (unpaired) electrons. The van der Waals surface area contributed by atoms with Crippen LogP contribution in [-0.2, 0) is 16.0 Å². The molecule has 6 nitrogen and oxygen atoms in total. The number of rotatable bonds is 7. The summed E-state index contributed by atoms with van der Waals surface area (Å²) < 4.78 is 11.1. The van der Waals surface area contributed by atoms with E-state index in [9.17, 15) is 4.79 Å². The van der Waals surface area contributed by atoms with Crippen LogP contribution in [-0.4, -0.2) is 43.8 Å². The summed E-state index contributed by atoms with van der Waals surface area (Å²) in [4.78, 5) is 19.6. The number of para-hydroxylation sites is 3. The number of hydrogen-bond donors (Lipinski definition) is 1. The molecule has 1 amide bonds. The maximum absolute atomic E-state index is 12.7. The van der Waals surface area contributed by atoms with E-state index >= 15 is 0 Å². The number of aromatic nitrogens is 1. The van der Waals surface area contributed by atoms with E-state index < -0.39 is 0 Å². The third-order valence-corrected chi connectivity index (χ3v) is 5.77. The van der Waals surface area contributed by atoms with Gasteiger partial charge in [-0.05, 0) is 31.2 Å². The van der Waals surface area contributed by atoms with Crippen LogP contribution in [0.4, 0.5) is 11.4 Å². The van der Waals surface area contributed by atoms with Crippen molar-refractivity contribution >= 4 is 28.6 Å². The summed E-state index contributed by atoms with van der Waals surface area (Å²) in [5.74, 6) is 0.732. The van der Waals surface area contributed by atoms with E-state index in [1.807, 2.05) is 60.8 Å². The van der Waals surface area contributed by atoms with Gasteiger partial charge in [0.25, 0.3) is 0 Å². The Morgan fingerprint density at radius 3 is 2.77 bits per heavy atom. The van der Waals surface area contributed by atoms with E-state index in [0.29, 0.717) is 19.8 Å². The molecule has 1 fully saturated rings. The second kappa shape index (κ2) is 9.73. The van der Waals surface area contributed by atoms with E-state index in [1.54, 1.807) is 0 Å². The van der Waals surface area contributed by atoms with E-state index in [-0.39, 0.29) is 12.3 Å². The third-order valence-electron chi connectivity index (χ3n) is 4.84. The number of benzene rings is 2. The molecule has 0 aliphatic carbocycles. The van der Waals surface area contributed by atoms with Crippen molar-refractivity contribution in [3.8, 4) is 16.3 Å². The van der Waals surface area contributed by atoms with Crippen LogP contribution in [0.1, 0.15) is 12.6 Å². The Morgan fingerprint density at radius 2 is 1.93 bits per heavy atom. The maximum Gasteiger partial charge on any atom is 0.230 e. The first-order chi connectivity index (χ1) is 14.7. The van der Waals surface area contributed by atoms with Crippen molar-refractivity contribution in [1.82, 2.24) is 4.98 Å². The Balaban J connectivity index is 1.45. The molecule has 4 rings (SSSR count). The van der Waals surface area contributed by atoms with Gasteiger partial charge in [0.2, 0.25) is 5.91 Å². The average molecular weight is 424 g/mol. The topological polar surface area (TPSA) is 63.7 Å². The maximum atomic E-state index is 12.7. The van der Waals surface area contributed by atoms with Crippen LogP contribution >= 0.6 is 11.3 Å². The molecule has 1 aromatic heterocycles. The first-order valence-electron chi connectivity index (χ1n) is 10.1. The summed E-state index contributed by atoms with van der Waals surface area (Å²) in [6.07, 6.45) is 0.227. The van der Waals surface area contributed by atoms with Gasteiger partial charge in [-0.15, -0.1) is 11.3 Å². The number of hydrogen-bond acceptors (Lipinski definition) is 6. The van der Waals surface area contributed by atoms with Crippen LogP contribution < -0.4 is 15.0 Å². The molecular formula is C23H25N3O3S. The normalized spacial score (nSPS) is 13.8. The zero-order valence-corrected chi connectivity index (χ0v) is 17.8. The van der Waals surface area contributed by atoms with Crippen molar-refractivity contribution in [1.29, 1.82) is 0 Å². The van der Waals surface area contributed by atoms with Gasteiger partial charge in [0.05, 0.1) is 48.9 Å². The fraction of sp³-hybridized carbons (Fsp3) is 0.304. The SMILES string of the molecule is CCOc1ccccc1-c1nc(CC(=O)Nc2ccccc2N2CCOCC2)cs1. The van der Waals surface area contributed by atoms with E-state index in [0.717, 1.165) is 46.5 Å². The highest BCUT2D eigenvalue weighted by molar-refractivity contribution is 7.13. The molecule has 1 saturated heterocycles. The highest BCUT2D eigenvalue weighted by Crippen LogP contribution is 2.32. The highest BCUT2D eigenvalue weighted by Gasteiger charge is 2.17. The van der Waals surface area contributed by atoms with Crippen molar-refractivity contribution in [2.75, 3.05) is 43.1 Å². The summed E-state index contributed by atoms with van der Waals surface area (Å²) >= 11 is 1.52. The molecular weight excluding hydrogens is 398 g/mol. The number of amides is 1. The summed E-state index contributed by atoms with van der Waals surface area (Å²) in [5.41, 5.74) is 3.55. The van der Waals surface area contributed by atoms with Gasteiger partial charge >= 0.3 is 0 Å². The Hall–Kier alpha value is -2.90. The predicted octanol–water partition coefficient (Wildman–Crippen LogP) is 4.23. The summed E-state index contributed by atoms with van der Waals surface area (Å²) in [5, 5.41) is 5.85. The third kappa shape index (κ3) is 4.80. The zero-order chi connectivity index (χ0) is 20.8. The van der Waals surface area contributed by atoms with E-state index in [1.165, 1.54) is 11.3 Å². The summed E-state index contributed by atoms with van der Waals surface area (Å²) in [7, 11) is 0. The molecule has 1 aliphatic rings. The molecule has 0 atom stereocenters. The molecule has 1 N–H and O–H groups in total. The minimum absolute atomic E-state index is 0.0781. The molecule has 2 heterocycles. The van der Waals surface area contributed by atoms with Crippen LogP contribution in [0.15, 0.2) is 53.9 Å². The second-order valence-corrected chi connectivity index (χ2v) is 7.77. The lowest BCUT2D eigenvalue weighted by Gasteiger charge is -2.30. The minimum atomic E-state index is -0.0781. The standard InChI is InChI=1S/C23H25N3O3S/c1-2-29-21-10-6-3-7-18(21)23-24-17(16-30-23)15-22(27)25-19-8-4-5-9-20(19)26-11-13-28-14-12-26/h3-10,16H,2,11-15H2,1H3,(H,25,27). The molecule has 7 heteroatoms. The van der Waals surface area contributed by atoms with E-state index in [4.69, 9.17) is 9.47 Å². The van der Waals surface area contributed by atoms with Crippen molar-refractivity contribution in [3.63, 3.8) is 0 Å². The monoisotopic (exact) mass is 423 g/mol. The Kier molecular flexibility index (Phi) is 6.61. The number of ether oxygens (including phenoxy) is 2. The van der Waals surface area contributed by atoms with Gasteiger partial charge in [-0.1, -0.05) is 24.3 Å². The lowest BCUT2D eigenvalue weighted by atomic mass is 10.2. The molecule has 0 spiro atoms. The molecule has 2 aromatic carbocycles. The first-order valence-corrected chi connectivity index (χ1v) is 11.0. The van der Waals surface area contributed by atoms with Crippen molar-refractivity contribution in [2.24, 2.45) is 0 Å². The molecule has 0 bridgehead atoms. The van der Waals surface area contributed by atoms with Gasteiger partial charge < -0.3 is 19.7 Å². The highest BCUT2D eigenvalue weighted by atomic mass is 32.1. The summed E-state index contributed by atoms with van der Waals surface area (Å²) in [6, 6.07) is 15.7. The number of carbonyl (C=O) groups excluding carboxylic acids is 1. The lowest BCUT2D eigenvalue weighted by molar-refractivity contribution is -0.115.